The van der Waals surface area contributed by atoms with Crippen LogP contribution in [-0.2, 0) is 17.4 Å². The van der Waals surface area contributed by atoms with Gasteiger partial charge in [-0.3, -0.25) is 9.69 Å². The molecule has 0 bridgehead atoms. The second kappa shape index (κ2) is 12.0. The van der Waals surface area contributed by atoms with Gasteiger partial charge < -0.3 is 15.1 Å². The number of carbonyl (C=O) groups excluding carboxylic acids is 1. The Morgan fingerprint density at radius 1 is 0.972 bits per heavy atom. The van der Waals surface area contributed by atoms with E-state index in [9.17, 15) is 18.0 Å². The average Bonchev–Trinajstić information content (AvgIpc) is 2.89. The summed E-state index contributed by atoms with van der Waals surface area (Å²) in [4.78, 5) is 19.3. The first-order chi connectivity index (χ1) is 17.3. The Balaban J connectivity index is 1.16. The fraction of sp³-hybridized carbons (Fsp3) is 0.536. The standard InChI is InChI=1S/C28H37F3N4O/c1-2-22-7-11-24(12-8-22)32-25-5-3-16-35(21-25)27(36)6-4-15-33-17-19-34(20-18-33)26-13-9-23(10-14-26)28(29,30)31/h7-14,25,32H,2-6,15-21H2,1H3/t25-/m0/s1. The quantitative estimate of drug-likeness (QED) is 0.534. The molecule has 0 spiro atoms. The van der Waals surface area contributed by atoms with Crippen LogP contribution in [0.3, 0.4) is 0 Å². The maximum absolute atomic E-state index is 12.8. The summed E-state index contributed by atoms with van der Waals surface area (Å²) in [7, 11) is 0. The molecular weight excluding hydrogens is 465 g/mol. The first-order valence-corrected chi connectivity index (χ1v) is 13.1. The topological polar surface area (TPSA) is 38.8 Å². The van der Waals surface area contributed by atoms with Crippen molar-refractivity contribution >= 4 is 17.3 Å². The molecule has 0 aromatic heterocycles. The fourth-order valence-corrected chi connectivity index (χ4v) is 5.10. The number of anilines is 2. The second-order valence-corrected chi connectivity index (χ2v) is 9.85. The van der Waals surface area contributed by atoms with Crippen LogP contribution >= 0.6 is 0 Å². The molecule has 0 saturated carbocycles. The molecule has 2 aromatic rings. The van der Waals surface area contributed by atoms with Crippen LogP contribution in [0.1, 0.15) is 43.7 Å². The van der Waals surface area contributed by atoms with E-state index in [0.29, 0.717) is 6.42 Å². The Morgan fingerprint density at radius 3 is 2.31 bits per heavy atom. The Morgan fingerprint density at radius 2 is 1.67 bits per heavy atom. The number of carbonyl (C=O) groups is 1. The smallest absolute Gasteiger partial charge is 0.381 e. The summed E-state index contributed by atoms with van der Waals surface area (Å²) < 4.78 is 38.4. The van der Waals surface area contributed by atoms with E-state index in [0.717, 1.165) is 95.0 Å². The van der Waals surface area contributed by atoms with Gasteiger partial charge in [0.15, 0.2) is 0 Å². The van der Waals surface area contributed by atoms with Gasteiger partial charge in [-0.15, -0.1) is 0 Å². The van der Waals surface area contributed by atoms with Crippen molar-refractivity contribution in [1.29, 1.82) is 0 Å². The van der Waals surface area contributed by atoms with Gasteiger partial charge in [0.05, 0.1) is 5.56 Å². The average molecular weight is 503 g/mol. The molecule has 1 N–H and O–H groups in total. The molecule has 2 aromatic carbocycles. The molecule has 5 nitrogen and oxygen atoms in total. The zero-order chi connectivity index (χ0) is 25.5. The van der Waals surface area contributed by atoms with Gasteiger partial charge in [0, 0.05) is 63.1 Å². The van der Waals surface area contributed by atoms with Crippen molar-refractivity contribution in [2.24, 2.45) is 0 Å². The molecule has 2 aliphatic rings. The molecule has 36 heavy (non-hydrogen) atoms. The minimum Gasteiger partial charge on any atom is -0.381 e. The molecule has 2 fully saturated rings. The molecular formula is C28H37F3N4O. The maximum atomic E-state index is 12.8. The van der Waals surface area contributed by atoms with Crippen molar-refractivity contribution in [3.05, 3.63) is 59.7 Å². The van der Waals surface area contributed by atoms with Gasteiger partial charge in [-0.25, -0.2) is 0 Å². The Labute approximate surface area is 212 Å². The summed E-state index contributed by atoms with van der Waals surface area (Å²) in [6, 6.07) is 14.2. The van der Waals surface area contributed by atoms with E-state index in [1.165, 1.54) is 5.56 Å². The Hall–Kier alpha value is -2.74. The van der Waals surface area contributed by atoms with Gasteiger partial charge >= 0.3 is 6.18 Å². The normalized spacial score (nSPS) is 19.4. The van der Waals surface area contributed by atoms with Crippen LogP contribution in [0, 0.1) is 0 Å². The minimum absolute atomic E-state index is 0.228. The first kappa shape index (κ1) is 26.3. The molecule has 2 saturated heterocycles. The van der Waals surface area contributed by atoms with Crippen LogP contribution in [-0.4, -0.2) is 67.6 Å². The number of aryl methyl sites for hydroxylation is 1. The number of benzene rings is 2. The van der Waals surface area contributed by atoms with Crippen molar-refractivity contribution in [3.8, 4) is 0 Å². The predicted molar refractivity (Wildman–Crippen MR) is 138 cm³/mol. The van der Waals surface area contributed by atoms with E-state index >= 15 is 0 Å². The highest BCUT2D eigenvalue weighted by atomic mass is 19.4. The van der Waals surface area contributed by atoms with Crippen LogP contribution in [0.5, 0.6) is 0 Å². The van der Waals surface area contributed by atoms with Crippen LogP contribution in [0.25, 0.3) is 0 Å². The first-order valence-electron chi connectivity index (χ1n) is 13.1. The van der Waals surface area contributed by atoms with E-state index in [-0.39, 0.29) is 11.9 Å². The predicted octanol–water partition coefficient (Wildman–Crippen LogP) is 5.27. The number of nitrogens with zero attached hydrogens (tertiary/aromatic N) is 3. The number of hydrogen-bond donors (Lipinski definition) is 1. The van der Waals surface area contributed by atoms with Crippen molar-refractivity contribution in [2.45, 2.75) is 51.2 Å². The lowest BCUT2D eigenvalue weighted by molar-refractivity contribution is -0.137. The van der Waals surface area contributed by atoms with Crippen molar-refractivity contribution in [3.63, 3.8) is 0 Å². The number of halogens is 3. The monoisotopic (exact) mass is 502 g/mol. The van der Waals surface area contributed by atoms with Gasteiger partial charge in [0.2, 0.25) is 5.91 Å². The Kier molecular flexibility index (Phi) is 8.77. The highest BCUT2D eigenvalue weighted by Crippen LogP contribution is 2.30. The van der Waals surface area contributed by atoms with Crippen LogP contribution in [0.15, 0.2) is 48.5 Å². The van der Waals surface area contributed by atoms with Crippen LogP contribution < -0.4 is 10.2 Å². The SMILES string of the molecule is CCc1ccc(N[C@H]2CCCN(C(=O)CCCN3CCN(c4ccc(C(F)(F)F)cc4)CC3)C2)cc1. The lowest BCUT2D eigenvalue weighted by atomic mass is 10.0. The highest BCUT2D eigenvalue weighted by Gasteiger charge is 2.30. The van der Waals surface area contributed by atoms with Gasteiger partial charge in [-0.05, 0) is 74.2 Å². The van der Waals surface area contributed by atoms with Crippen molar-refractivity contribution < 1.29 is 18.0 Å². The number of hydrogen-bond acceptors (Lipinski definition) is 4. The number of piperazine rings is 1. The zero-order valence-corrected chi connectivity index (χ0v) is 21.1. The minimum atomic E-state index is -4.30. The molecule has 8 heteroatoms. The van der Waals surface area contributed by atoms with Gasteiger partial charge in [0.25, 0.3) is 0 Å². The van der Waals surface area contributed by atoms with Gasteiger partial charge in [-0.2, -0.15) is 13.2 Å². The van der Waals surface area contributed by atoms with E-state index in [4.69, 9.17) is 0 Å². The number of likely N-dealkylation sites (tertiary alicyclic amines) is 1. The molecule has 1 amide bonds. The molecule has 2 aliphatic heterocycles. The highest BCUT2D eigenvalue weighted by molar-refractivity contribution is 5.76. The maximum Gasteiger partial charge on any atom is 0.416 e. The third kappa shape index (κ3) is 7.15. The second-order valence-electron chi connectivity index (χ2n) is 9.85. The van der Waals surface area contributed by atoms with E-state index in [1.807, 2.05) is 4.90 Å². The van der Waals surface area contributed by atoms with Crippen LogP contribution in [0.2, 0.25) is 0 Å². The lowest BCUT2D eigenvalue weighted by Crippen LogP contribution is -2.47. The Bertz CT molecular complexity index is 970. The molecule has 196 valence electrons. The van der Waals surface area contributed by atoms with Crippen LogP contribution in [0.4, 0.5) is 24.5 Å². The van der Waals surface area contributed by atoms with Crippen molar-refractivity contribution in [1.82, 2.24) is 9.80 Å². The number of alkyl halides is 3. The number of piperidine rings is 1. The van der Waals surface area contributed by atoms with Gasteiger partial charge in [-0.1, -0.05) is 19.1 Å². The van der Waals surface area contributed by atoms with Gasteiger partial charge in [0.1, 0.15) is 0 Å². The van der Waals surface area contributed by atoms with E-state index in [1.54, 1.807) is 12.1 Å². The number of nitrogens with one attached hydrogen (secondary N) is 1. The number of amides is 1. The third-order valence-corrected chi connectivity index (χ3v) is 7.30. The zero-order valence-electron chi connectivity index (χ0n) is 21.1. The third-order valence-electron chi connectivity index (χ3n) is 7.30. The lowest BCUT2D eigenvalue weighted by Gasteiger charge is -2.36. The largest absolute Gasteiger partial charge is 0.416 e. The van der Waals surface area contributed by atoms with Crippen molar-refractivity contribution in [2.75, 3.05) is 56.0 Å². The molecule has 0 aliphatic carbocycles. The molecule has 1 atom stereocenters. The van der Waals surface area contributed by atoms with E-state index in [2.05, 4.69) is 46.3 Å². The molecule has 2 heterocycles. The van der Waals surface area contributed by atoms with E-state index < -0.39 is 11.7 Å². The summed E-state index contributed by atoms with van der Waals surface area (Å²) >= 11 is 0. The summed E-state index contributed by atoms with van der Waals surface area (Å²) in [5.74, 6) is 0.228. The molecule has 0 unspecified atom stereocenters. The molecule has 0 radical (unpaired) electrons. The summed E-state index contributed by atoms with van der Waals surface area (Å²) in [6.07, 6.45) is 0.190. The fourth-order valence-electron chi connectivity index (χ4n) is 5.10. The number of rotatable bonds is 8. The molecule has 4 rings (SSSR count). The summed E-state index contributed by atoms with van der Waals surface area (Å²) in [6.45, 7) is 7.85. The summed E-state index contributed by atoms with van der Waals surface area (Å²) in [5.41, 5.74) is 2.65. The summed E-state index contributed by atoms with van der Waals surface area (Å²) in [5, 5.41) is 3.59.